The van der Waals surface area contributed by atoms with E-state index < -0.39 is 0 Å². The van der Waals surface area contributed by atoms with Crippen LogP contribution in [0.15, 0.2) is 78.4 Å². The molecule has 0 saturated heterocycles. The highest BCUT2D eigenvalue weighted by Crippen LogP contribution is 2.33. The van der Waals surface area contributed by atoms with E-state index in [1.807, 2.05) is 53.9 Å². The summed E-state index contributed by atoms with van der Waals surface area (Å²) in [5, 5.41) is 6.43. The van der Waals surface area contributed by atoms with Crippen LogP contribution >= 0.6 is 22.9 Å². The van der Waals surface area contributed by atoms with E-state index >= 15 is 0 Å². The average Bonchev–Trinajstić information content (AvgIpc) is 3.19. The number of hydrogen-bond acceptors (Lipinski definition) is 4. The van der Waals surface area contributed by atoms with Crippen molar-refractivity contribution in [3.8, 4) is 21.8 Å². The summed E-state index contributed by atoms with van der Waals surface area (Å²) >= 11 is 7.81. The molecule has 1 N–H and O–H groups in total. The number of carbonyl (C=O) groups is 1. The van der Waals surface area contributed by atoms with Gasteiger partial charge in [0, 0.05) is 40.2 Å². The molecule has 4 aromatic rings. The van der Waals surface area contributed by atoms with Crippen molar-refractivity contribution in [1.29, 1.82) is 0 Å². The average molecular weight is 392 g/mol. The molecule has 4 rings (SSSR count). The van der Waals surface area contributed by atoms with Gasteiger partial charge in [0.25, 0.3) is 5.91 Å². The summed E-state index contributed by atoms with van der Waals surface area (Å²) in [7, 11) is 0. The second kappa shape index (κ2) is 7.70. The maximum Gasteiger partial charge on any atom is 0.255 e. The van der Waals surface area contributed by atoms with Gasteiger partial charge in [0.1, 0.15) is 5.01 Å². The molecule has 0 unspecified atom stereocenters. The zero-order valence-electron chi connectivity index (χ0n) is 14.1. The zero-order valence-corrected chi connectivity index (χ0v) is 15.7. The van der Waals surface area contributed by atoms with Crippen LogP contribution in [0, 0.1) is 0 Å². The summed E-state index contributed by atoms with van der Waals surface area (Å²) in [4.78, 5) is 21.0. The predicted molar refractivity (Wildman–Crippen MR) is 110 cm³/mol. The van der Waals surface area contributed by atoms with E-state index in [0.717, 1.165) is 21.8 Å². The third-order valence-electron chi connectivity index (χ3n) is 3.97. The summed E-state index contributed by atoms with van der Waals surface area (Å²) in [5.74, 6) is -0.176. The highest BCUT2D eigenvalue weighted by atomic mass is 35.5. The van der Waals surface area contributed by atoms with Gasteiger partial charge in [-0.25, -0.2) is 4.98 Å². The molecule has 1 amide bonds. The highest BCUT2D eigenvalue weighted by molar-refractivity contribution is 7.13. The van der Waals surface area contributed by atoms with E-state index in [1.54, 1.807) is 24.5 Å². The van der Waals surface area contributed by atoms with Crippen LogP contribution in [0.1, 0.15) is 10.4 Å². The number of benzene rings is 2. The van der Waals surface area contributed by atoms with Crippen LogP contribution in [0.25, 0.3) is 21.8 Å². The summed E-state index contributed by atoms with van der Waals surface area (Å²) in [6.07, 6.45) is 3.19. The van der Waals surface area contributed by atoms with Gasteiger partial charge in [-0.3, -0.25) is 9.78 Å². The third-order valence-corrected chi connectivity index (χ3v) is 5.17. The number of aromatic nitrogens is 2. The Morgan fingerprint density at radius 3 is 2.63 bits per heavy atom. The van der Waals surface area contributed by atoms with Gasteiger partial charge in [-0.2, -0.15) is 0 Å². The molecule has 0 saturated carbocycles. The molecule has 132 valence electrons. The largest absolute Gasteiger partial charge is 0.322 e. The number of carbonyl (C=O) groups excluding carboxylic acids is 1. The van der Waals surface area contributed by atoms with Crippen molar-refractivity contribution in [3.05, 3.63) is 89.0 Å². The maximum atomic E-state index is 12.3. The zero-order chi connectivity index (χ0) is 18.6. The van der Waals surface area contributed by atoms with Crippen LogP contribution in [0.2, 0.25) is 5.02 Å². The van der Waals surface area contributed by atoms with E-state index in [0.29, 0.717) is 16.3 Å². The standard InChI is InChI=1S/C21H14ClN3OS/c22-18-7-2-1-6-17(18)21-25-19(13-27-21)15-4-3-5-16(12-15)24-20(26)14-8-10-23-11-9-14/h1-13H,(H,24,26). The molecular formula is C21H14ClN3OS. The van der Waals surface area contributed by atoms with Crippen LogP contribution in [0.5, 0.6) is 0 Å². The number of halogens is 1. The summed E-state index contributed by atoms with van der Waals surface area (Å²) < 4.78 is 0. The normalized spacial score (nSPS) is 10.6. The number of nitrogens with one attached hydrogen (secondary N) is 1. The fourth-order valence-electron chi connectivity index (χ4n) is 2.63. The van der Waals surface area contributed by atoms with Crippen LogP contribution < -0.4 is 5.32 Å². The molecule has 0 aliphatic carbocycles. The van der Waals surface area contributed by atoms with Gasteiger partial charge in [-0.05, 0) is 30.3 Å². The number of thiazole rings is 1. The number of nitrogens with zero attached hydrogens (tertiary/aromatic N) is 2. The molecule has 6 heteroatoms. The Morgan fingerprint density at radius 1 is 1.00 bits per heavy atom. The Morgan fingerprint density at radius 2 is 1.81 bits per heavy atom. The van der Waals surface area contributed by atoms with Gasteiger partial charge in [-0.1, -0.05) is 41.9 Å². The van der Waals surface area contributed by atoms with Gasteiger partial charge in [0.15, 0.2) is 0 Å². The lowest BCUT2D eigenvalue weighted by atomic mass is 10.1. The Hall–Kier alpha value is -3.02. The second-order valence-corrected chi connectivity index (χ2v) is 7.05. The first-order valence-corrected chi connectivity index (χ1v) is 9.49. The van der Waals surface area contributed by atoms with Crippen molar-refractivity contribution in [2.75, 3.05) is 5.32 Å². The smallest absolute Gasteiger partial charge is 0.255 e. The molecule has 0 aliphatic rings. The molecule has 27 heavy (non-hydrogen) atoms. The quantitative estimate of drug-likeness (QED) is 0.480. The lowest BCUT2D eigenvalue weighted by Crippen LogP contribution is -2.11. The maximum absolute atomic E-state index is 12.3. The van der Waals surface area contributed by atoms with Crippen molar-refractivity contribution >= 4 is 34.5 Å². The number of hydrogen-bond donors (Lipinski definition) is 1. The Kier molecular flexibility index (Phi) is 4.96. The van der Waals surface area contributed by atoms with E-state index in [2.05, 4.69) is 10.3 Å². The molecule has 0 bridgehead atoms. The van der Waals surface area contributed by atoms with Gasteiger partial charge >= 0.3 is 0 Å². The summed E-state index contributed by atoms with van der Waals surface area (Å²) in [5.41, 5.74) is 3.95. The molecule has 0 fully saturated rings. The van der Waals surface area contributed by atoms with E-state index in [1.165, 1.54) is 11.3 Å². The van der Waals surface area contributed by atoms with Gasteiger partial charge in [0.2, 0.25) is 0 Å². The number of amides is 1. The number of pyridine rings is 1. The SMILES string of the molecule is O=C(Nc1cccc(-c2csc(-c3ccccc3Cl)n2)c1)c1ccncc1. The van der Waals surface area contributed by atoms with E-state index in [-0.39, 0.29) is 5.91 Å². The Bertz CT molecular complexity index is 1100. The first-order valence-electron chi connectivity index (χ1n) is 8.23. The fourth-order valence-corrected chi connectivity index (χ4v) is 3.78. The van der Waals surface area contributed by atoms with Gasteiger partial charge < -0.3 is 5.32 Å². The first-order chi connectivity index (χ1) is 13.2. The van der Waals surface area contributed by atoms with Gasteiger partial charge in [-0.15, -0.1) is 11.3 Å². The molecule has 4 nitrogen and oxygen atoms in total. The third kappa shape index (κ3) is 3.89. The molecule has 0 spiro atoms. The van der Waals surface area contributed by atoms with Crippen molar-refractivity contribution < 1.29 is 4.79 Å². The van der Waals surface area contributed by atoms with E-state index in [9.17, 15) is 4.79 Å². The molecular weight excluding hydrogens is 378 g/mol. The van der Waals surface area contributed by atoms with Crippen LogP contribution in [-0.2, 0) is 0 Å². The first kappa shape index (κ1) is 17.4. The molecule has 2 heterocycles. The van der Waals surface area contributed by atoms with Crippen molar-refractivity contribution in [2.45, 2.75) is 0 Å². The minimum atomic E-state index is -0.176. The van der Waals surface area contributed by atoms with Crippen LogP contribution in [-0.4, -0.2) is 15.9 Å². The van der Waals surface area contributed by atoms with Crippen LogP contribution in [0.3, 0.4) is 0 Å². The second-order valence-electron chi connectivity index (χ2n) is 5.79. The van der Waals surface area contributed by atoms with Crippen molar-refractivity contribution in [3.63, 3.8) is 0 Å². The Balaban J connectivity index is 1.58. The minimum Gasteiger partial charge on any atom is -0.322 e. The molecule has 0 atom stereocenters. The van der Waals surface area contributed by atoms with Gasteiger partial charge in [0.05, 0.1) is 10.7 Å². The molecule has 2 aromatic heterocycles. The molecule has 2 aromatic carbocycles. The highest BCUT2D eigenvalue weighted by Gasteiger charge is 2.11. The number of anilines is 1. The minimum absolute atomic E-state index is 0.176. The lowest BCUT2D eigenvalue weighted by Gasteiger charge is -2.06. The predicted octanol–water partition coefficient (Wildman–Crippen LogP) is 5.78. The van der Waals surface area contributed by atoms with E-state index in [4.69, 9.17) is 16.6 Å². The summed E-state index contributed by atoms with van der Waals surface area (Å²) in [6.45, 7) is 0. The Labute approximate surface area is 165 Å². The number of rotatable bonds is 4. The van der Waals surface area contributed by atoms with Crippen molar-refractivity contribution in [1.82, 2.24) is 9.97 Å². The lowest BCUT2D eigenvalue weighted by molar-refractivity contribution is 0.102. The summed E-state index contributed by atoms with van der Waals surface area (Å²) in [6, 6.07) is 18.6. The monoisotopic (exact) mass is 391 g/mol. The molecule has 0 radical (unpaired) electrons. The molecule has 0 aliphatic heterocycles. The van der Waals surface area contributed by atoms with Crippen LogP contribution in [0.4, 0.5) is 5.69 Å². The fraction of sp³-hybridized carbons (Fsp3) is 0. The van der Waals surface area contributed by atoms with Crippen molar-refractivity contribution in [2.24, 2.45) is 0 Å². The topological polar surface area (TPSA) is 54.9 Å².